The molecule has 5 rings (SSSR count). The summed E-state index contributed by atoms with van der Waals surface area (Å²) < 4.78 is 12.4. The van der Waals surface area contributed by atoms with Gasteiger partial charge in [0.15, 0.2) is 11.5 Å². The first-order chi connectivity index (χ1) is 22.6. The summed E-state index contributed by atoms with van der Waals surface area (Å²) in [6.45, 7) is 10.5. The fourth-order valence-corrected chi connectivity index (χ4v) is 11.5. The zero-order valence-electron chi connectivity index (χ0n) is 28.9. The Morgan fingerprint density at radius 2 is 0.891 bits per heavy atom. The van der Waals surface area contributed by atoms with Gasteiger partial charge in [0.05, 0.1) is 9.75 Å². The summed E-state index contributed by atoms with van der Waals surface area (Å²) in [6, 6.07) is 9.29. The molecule has 4 aromatic rings. The lowest BCUT2D eigenvalue weighted by atomic mass is 10.0. The molecule has 5 heterocycles. The molecule has 0 unspecified atom stereocenters. The molecule has 0 radical (unpaired) electrons. The van der Waals surface area contributed by atoms with E-state index in [2.05, 4.69) is 52.0 Å². The van der Waals surface area contributed by atoms with Crippen LogP contribution in [0.25, 0.3) is 29.3 Å². The SMILES string of the molecule is CCCCCCCCCCc1sc(-c2ccc(-c3ccc(-c4sc(CCCCCCCCCC)c5c4OCCO5)s3)s2)c(C)c1C. The first-order valence-electron chi connectivity index (χ1n) is 18.3. The van der Waals surface area contributed by atoms with Gasteiger partial charge < -0.3 is 9.47 Å². The van der Waals surface area contributed by atoms with E-state index in [4.69, 9.17) is 9.47 Å². The summed E-state index contributed by atoms with van der Waals surface area (Å²) in [4.78, 5) is 11.1. The molecule has 0 saturated heterocycles. The van der Waals surface area contributed by atoms with Gasteiger partial charge in [-0.3, -0.25) is 0 Å². The highest BCUT2D eigenvalue weighted by Gasteiger charge is 2.26. The molecule has 6 heteroatoms. The molecule has 0 saturated carbocycles. The third-order valence-corrected chi connectivity index (χ3v) is 14.8. The van der Waals surface area contributed by atoms with Crippen molar-refractivity contribution in [2.75, 3.05) is 13.2 Å². The number of thiophene rings is 4. The lowest BCUT2D eigenvalue weighted by Crippen LogP contribution is -2.15. The fourth-order valence-electron chi connectivity index (χ4n) is 6.49. The second-order valence-electron chi connectivity index (χ2n) is 13.1. The third kappa shape index (κ3) is 9.51. The monoisotopic (exact) mass is 696 g/mol. The summed E-state index contributed by atoms with van der Waals surface area (Å²) in [7, 11) is 0. The predicted molar refractivity (Wildman–Crippen MR) is 207 cm³/mol. The maximum absolute atomic E-state index is 6.23. The molecule has 0 bridgehead atoms. The zero-order chi connectivity index (χ0) is 32.1. The maximum Gasteiger partial charge on any atom is 0.181 e. The Labute approximate surface area is 295 Å². The molecule has 1 aliphatic heterocycles. The number of rotatable bonds is 21. The molecule has 0 atom stereocenters. The quantitative estimate of drug-likeness (QED) is 0.0807. The second-order valence-corrected chi connectivity index (χ2v) is 17.5. The van der Waals surface area contributed by atoms with E-state index >= 15 is 0 Å². The van der Waals surface area contributed by atoms with Crippen LogP contribution in [0.1, 0.15) is 137 Å². The summed E-state index contributed by atoms with van der Waals surface area (Å²) in [5.41, 5.74) is 3.00. The van der Waals surface area contributed by atoms with Crippen molar-refractivity contribution in [2.24, 2.45) is 0 Å². The van der Waals surface area contributed by atoms with Crippen molar-refractivity contribution in [1.29, 1.82) is 0 Å². The number of aryl methyl sites for hydroxylation is 2. The van der Waals surface area contributed by atoms with Crippen molar-refractivity contribution in [3.05, 3.63) is 45.1 Å². The van der Waals surface area contributed by atoms with Crippen molar-refractivity contribution in [2.45, 2.75) is 143 Å². The number of fused-ring (bicyclic) bond motifs is 1. The van der Waals surface area contributed by atoms with Crippen LogP contribution >= 0.6 is 45.3 Å². The second kappa shape index (κ2) is 18.8. The van der Waals surface area contributed by atoms with E-state index in [0.29, 0.717) is 13.2 Å². The van der Waals surface area contributed by atoms with E-state index in [-0.39, 0.29) is 0 Å². The highest BCUT2D eigenvalue weighted by Crippen LogP contribution is 2.53. The molecule has 46 heavy (non-hydrogen) atoms. The lowest BCUT2D eigenvalue weighted by Gasteiger charge is -2.17. The van der Waals surface area contributed by atoms with Crippen LogP contribution in [0.4, 0.5) is 0 Å². The van der Waals surface area contributed by atoms with Crippen LogP contribution < -0.4 is 9.47 Å². The number of hydrogen-bond acceptors (Lipinski definition) is 6. The highest BCUT2D eigenvalue weighted by atomic mass is 32.1. The van der Waals surface area contributed by atoms with Gasteiger partial charge in [-0.25, -0.2) is 0 Å². The van der Waals surface area contributed by atoms with Crippen LogP contribution in [0.15, 0.2) is 24.3 Å². The topological polar surface area (TPSA) is 18.5 Å². The Bertz CT molecular complexity index is 1470. The minimum atomic E-state index is 0.640. The van der Waals surface area contributed by atoms with E-state index in [1.807, 2.05) is 45.3 Å². The summed E-state index contributed by atoms with van der Waals surface area (Å²) in [5.74, 6) is 2.01. The first-order valence-corrected chi connectivity index (χ1v) is 21.6. The molecule has 0 fully saturated rings. The van der Waals surface area contributed by atoms with Gasteiger partial charge in [-0.1, -0.05) is 104 Å². The number of unbranched alkanes of at least 4 members (excludes halogenated alkanes) is 14. The Kier molecular flexibility index (Phi) is 14.6. The van der Waals surface area contributed by atoms with Crippen LogP contribution in [0.5, 0.6) is 11.5 Å². The van der Waals surface area contributed by atoms with Crippen LogP contribution in [0.2, 0.25) is 0 Å². The first kappa shape index (κ1) is 35.7. The van der Waals surface area contributed by atoms with Gasteiger partial charge >= 0.3 is 0 Å². The minimum Gasteiger partial charge on any atom is -0.485 e. The van der Waals surface area contributed by atoms with Gasteiger partial charge in [-0.2, -0.15) is 0 Å². The lowest BCUT2D eigenvalue weighted by molar-refractivity contribution is 0.172. The van der Waals surface area contributed by atoms with Crippen LogP contribution in [-0.2, 0) is 12.8 Å². The smallest absolute Gasteiger partial charge is 0.181 e. The summed E-state index contributed by atoms with van der Waals surface area (Å²) >= 11 is 7.79. The third-order valence-electron chi connectivity index (χ3n) is 9.43. The molecule has 4 aromatic heterocycles. The van der Waals surface area contributed by atoms with Gasteiger partial charge in [-0.05, 0) is 74.9 Å². The van der Waals surface area contributed by atoms with Crippen LogP contribution in [0.3, 0.4) is 0 Å². The largest absolute Gasteiger partial charge is 0.485 e. The molecule has 252 valence electrons. The van der Waals surface area contributed by atoms with Gasteiger partial charge in [0.25, 0.3) is 0 Å². The van der Waals surface area contributed by atoms with E-state index in [1.54, 1.807) is 4.88 Å². The molecule has 2 nitrogen and oxygen atoms in total. The number of ether oxygens (including phenoxy) is 2. The Morgan fingerprint density at radius 1 is 0.457 bits per heavy atom. The average molecular weight is 697 g/mol. The molecule has 0 aromatic carbocycles. The Hall–Kier alpha value is -1.60. The highest BCUT2D eigenvalue weighted by molar-refractivity contribution is 7.28. The average Bonchev–Trinajstić information content (AvgIpc) is 3.87. The van der Waals surface area contributed by atoms with Crippen LogP contribution in [0, 0.1) is 13.8 Å². The minimum absolute atomic E-state index is 0.640. The van der Waals surface area contributed by atoms with Gasteiger partial charge in [0, 0.05) is 29.3 Å². The fraction of sp³-hybridized carbons (Fsp3) is 0.600. The van der Waals surface area contributed by atoms with Crippen molar-refractivity contribution in [1.82, 2.24) is 0 Å². The standard InChI is InChI=1S/C40H56O2S4/c1-5-7-9-11-13-15-17-19-21-31-29(3)30(4)39(45-31)35-25-23-32(43-35)33-24-26-36(44-33)40-38-37(41-27-28-42-38)34(46-40)22-20-18-16-14-12-10-8-6-2/h23-26H,5-22,27-28H2,1-4H3. The summed E-state index contributed by atoms with van der Waals surface area (Å²) in [5, 5.41) is 0. The maximum atomic E-state index is 6.23. The predicted octanol–water partition coefficient (Wildman–Crippen LogP) is 14.7. The van der Waals surface area contributed by atoms with E-state index in [1.165, 1.54) is 154 Å². The summed E-state index contributed by atoms with van der Waals surface area (Å²) in [6.07, 6.45) is 24.2. The van der Waals surface area contributed by atoms with Crippen LogP contribution in [-0.4, -0.2) is 13.2 Å². The van der Waals surface area contributed by atoms with E-state index < -0.39 is 0 Å². The molecule has 0 aliphatic carbocycles. The van der Waals surface area contributed by atoms with Crippen molar-refractivity contribution >= 4 is 45.3 Å². The zero-order valence-corrected chi connectivity index (χ0v) is 32.2. The van der Waals surface area contributed by atoms with Crippen molar-refractivity contribution < 1.29 is 9.47 Å². The Balaban J connectivity index is 1.19. The van der Waals surface area contributed by atoms with Gasteiger partial charge in [0.1, 0.15) is 13.2 Å². The molecule has 0 N–H and O–H groups in total. The molecular formula is C40H56O2S4. The van der Waals surface area contributed by atoms with Crippen molar-refractivity contribution in [3.63, 3.8) is 0 Å². The van der Waals surface area contributed by atoms with Gasteiger partial charge in [0.2, 0.25) is 0 Å². The number of hydrogen-bond donors (Lipinski definition) is 0. The molecular weight excluding hydrogens is 641 g/mol. The van der Waals surface area contributed by atoms with E-state index in [9.17, 15) is 0 Å². The Morgan fingerprint density at radius 3 is 1.46 bits per heavy atom. The normalized spacial score (nSPS) is 12.8. The van der Waals surface area contributed by atoms with Gasteiger partial charge in [-0.15, -0.1) is 45.3 Å². The molecule has 0 amide bonds. The molecule has 1 aliphatic rings. The molecule has 0 spiro atoms. The van der Waals surface area contributed by atoms with Crippen molar-refractivity contribution in [3.8, 4) is 40.8 Å². The van der Waals surface area contributed by atoms with E-state index in [0.717, 1.165) is 17.9 Å².